The SMILES string of the molecule is C[C@@]12CCC(=O)C[C@H]1CC[C@H]1[C@H]2CC[C@]2(C)[C@H](O)CC[C@H]12. The lowest BCUT2D eigenvalue weighted by atomic mass is 9.45. The molecule has 2 heteroatoms. The van der Waals surface area contributed by atoms with Crippen LogP contribution in [0.15, 0.2) is 0 Å². The van der Waals surface area contributed by atoms with E-state index in [0.29, 0.717) is 17.1 Å². The van der Waals surface area contributed by atoms with Crippen molar-refractivity contribution in [1.82, 2.24) is 0 Å². The number of fused-ring (bicyclic) bond motifs is 5. The quantitative estimate of drug-likeness (QED) is 0.733. The fourth-order valence-electron chi connectivity index (χ4n) is 7.02. The Morgan fingerprint density at radius 2 is 1.71 bits per heavy atom. The zero-order valence-electron chi connectivity index (χ0n) is 13.6. The van der Waals surface area contributed by atoms with Crippen LogP contribution < -0.4 is 0 Å². The molecule has 0 amide bonds. The number of hydrogen-bond donors (Lipinski definition) is 1. The molecule has 7 atom stereocenters. The molecule has 2 nitrogen and oxygen atoms in total. The van der Waals surface area contributed by atoms with Gasteiger partial charge in [-0.05, 0) is 79.4 Å². The zero-order valence-corrected chi connectivity index (χ0v) is 13.6. The van der Waals surface area contributed by atoms with E-state index in [9.17, 15) is 9.90 Å². The van der Waals surface area contributed by atoms with Gasteiger partial charge in [-0.2, -0.15) is 0 Å². The van der Waals surface area contributed by atoms with Crippen LogP contribution in [0.5, 0.6) is 0 Å². The molecule has 1 N–H and O–H groups in total. The fourth-order valence-corrected chi connectivity index (χ4v) is 7.02. The average Bonchev–Trinajstić information content (AvgIpc) is 2.76. The van der Waals surface area contributed by atoms with E-state index in [0.717, 1.165) is 43.4 Å². The van der Waals surface area contributed by atoms with Crippen molar-refractivity contribution in [2.24, 2.45) is 34.5 Å². The van der Waals surface area contributed by atoms with Crippen molar-refractivity contribution in [3.63, 3.8) is 0 Å². The molecule has 4 saturated carbocycles. The number of carbonyl (C=O) groups excluding carboxylic acids is 1. The summed E-state index contributed by atoms with van der Waals surface area (Å²) in [6.07, 6.45) is 10.0. The molecule has 4 rings (SSSR count). The lowest BCUT2D eigenvalue weighted by Crippen LogP contribution is -2.54. The minimum atomic E-state index is -0.0677. The molecular formula is C19H30O2. The van der Waals surface area contributed by atoms with Gasteiger partial charge in [-0.25, -0.2) is 0 Å². The van der Waals surface area contributed by atoms with Gasteiger partial charge in [0, 0.05) is 12.8 Å². The smallest absolute Gasteiger partial charge is 0.133 e. The summed E-state index contributed by atoms with van der Waals surface area (Å²) in [5.74, 6) is 3.52. The van der Waals surface area contributed by atoms with E-state index in [1.165, 1.54) is 32.1 Å². The molecule has 0 aromatic heterocycles. The second-order valence-electron chi connectivity index (χ2n) is 9.04. The molecule has 0 saturated heterocycles. The van der Waals surface area contributed by atoms with Crippen LogP contribution in [0.3, 0.4) is 0 Å². The minimum absolute atomic E-state index is 0.0677. The lowest BCUT2D eigenvalue weighted by Gasteiger charge is -2.60. The number of Topliss-reactive ketones (excluding diaryl/α,β-unsaturated/α-hetero) is 1. The van der Waals surface area contributed by atoms with E-state index in [4.69, 9.17) is 0 Å². The first-order valence-electron chi connectivity index (χ1n) is 9.15. The Kier molecular flexibility index (Phi) is 3.10. The molecule has 0 aromatic carbocycles. The van der Waals surface area contributed by atoms with Crippen LogP contribution in [-0.2, 0) is 4.79 Å². The summed E-state index contributed by atoms with van der Waals surface area (Å²) < 4.78 is 0. The standard InChI is InChI=1S/C19H30O2/c1-18-9-7-13(20)11-12(18)3-4-14-15-5-6-17(21)19(15,2)10-8-16(14)18/h12,14-17,21H,3-11H2,1-2H3/t12-,14-,15-,16-,17-,18-,19+/m1/s1. The zero-order chi connectivity index (χ0) is 14.8. The molecule has 0 aromatic rings. The van der Waals surface area contributed by atoms with Gasteiger partial charge in [0.15, 0.2) is 0 Å². The van der Waals surface area contributed by atoms with Crippen LogP contribution >= 0.6 is 0 Å². The molecule has 4 aliphatic carbocycles. The van der Waals surface area contributed by atoms with Gasteiger partial charge in [-0.3, -0.25) is 4.79 Å². The highest BCUT2D eigenvalue weighted by molar-refractivity contribution is 5.79. The van der Waals surface area contributed by atoms with Crippen molar-refractivity contribution in [3.05, 3.63) is 0 Å². The van der Waals surface area contributed by atoms with Gasteiger partial charge in [0.05, 0.1) is 6.10 Å². The fraction of sp³-hybridized carbons (Fsp3) is 0.947. The Hall–Kier alpha value is -0.370. The molecule has 0 radical (unpaired) electrons. The summed E-state index contributed by atoms with van der Waals surface area (Å²) in [4.78, 5) is 11.9. The number of ketones is 1. The average molecular weight is 290 g/mol. The molecule has 0 unspecified atom stereocenters. The molecule has 0 bridgehead atoms. The number of aliphatic hydroxyl groups is 1. The van der Waals surface area contributed by atoms with E-state index >= 15 is 0 Å². The largest absolute Gasteiger partial charge is 0.393 e. The van der Waals surface area contributed by atoms with Crippen LogP contribution in [0.4, 0.5) is 0 Å². The first-order chi connectivity index (χ1) is 9.95. The highest BCUT2D eigenvalue weighted by Crippen LogP contribution is 2.65. The number of hydrogen-bond acceptors (Lipinski definition) is 2. The van der Waals surface area contributed by atoms with Crippen molar-refractivity contribution < 1.29 is 9.90 Å². The van der Waals surface area contributed by atoms with Crippen molar-refractivity contribution in [3.8, 4) is 0 Å². The van der Waals surface area contributed by atoms with Gasteiger partial charge in [0.1, 0.15) is 5.78 Å². The number of aliphatic hydroxyl groups excluding tert-OH is 1. The number of carbonyl (C=O) groups is 1. The second kappa shape index (κ2) is 4.57. The Labute approximate surface area is 128 Å². The molecule has 0 aliphatic heterocycles. The second-order valence-corrected chi connectivity index (χ2v) is 9.04. The predicted octanol–water partition coefficient (Wildman–Crippen LogP) is 3.96. The van der Waals surface area contributed by atoms with Crippen LogP contribution in [0.1, 0.15) is 71.6 Å². The van der Waals surface area contributed by atoms with Crippen LogP contribution in [0.25, 0.3) is 0 Å². The molecule has 4 fully saturated rings. The number of rotatable bonds is 0. The van der Waals surface area contributed by atoms with Crippen molar-refractivity contribution in [1.29, 1.82) is 0 Å². The van der Waals surface area contributed by atoms with Crippen molar-refractivity contribution in [2.75, 3.05) is 0 Å². The molecule has 4 aliphatic rings. The first kappa shape index (κ1) is 14.2. The molecule has 0 spiro atoms. The maximum absolute atomic E-state index is 11.9. The predicted molar refractivity (Wildman–Crippen MR) is 82.7 cm³/mol. The Bertz CT molecular complexity index is 458. The Morgan fingerprint density at radius 3 is 2.52 bits per heavy atom. The topological polar surface area (TPSA) is 37.3 Å². The third-order valence-corrected chi connectivity index (χ3v) is 8.43. The summed E-state index contributed by atoms with van der Waals surface area (Å²) in [7, 11) is 0. The van der Waals surface area contributed by atoms with Gasteiger partial charge >= 0.3 is 0 Å². The molecular weight excluding hydrogens is 260 g/mol. The summed E-state index contributed by atoms with van der Waals surface area (Å²) >= 11 is 0. The van der Waals surface area contributed by atoms with Gasteiger partial charge in [-0.1, -0.05) is 13.8 Å². The van der Waals surface area contributed by atoms with E-state index < -0.39 is 0 Å². The van der Waals surface area contributed by atoms with E-state index in [1.54, 1.807) is 0 Å². The monoisotopic (exact) mass is 290 g/mol. The Balaban J connectivity index is 1.64. The van der Waals surface area contributed by atoms with Crippen molar-refractivity contribution in [2.45, 2.75) is 77.7 Å². The molecule has 118 valence electrons. The summed E-state index contributed by atoms with van der Waals surface area (Å²) in [5, 5.41) is 10.5. The van der Waals surface area contributed by atoms with E-state index in [-0.39, 0.29) is 11.5 Å². The maximum Gasteiger partial charge on any atom is 0.133 e. The maximum atomic E-state index is 11.9. The summed E-state index contributed by atoms with van der Waals surface area (Å²) in [6, 6.07) is 0. The van der Waals surface area contributed by atoms with E-state index in [1.807, 2.05) is 0 Å². The lowest BCUT2D eigenvalue weighted by molar-refractivity contribution is -0.141. The third kappa shape index (κ3) is 1.84. The van der Waals surface area contributed by atoms with Gasteiger partial charge in [0.2, 0.25) is 0 Å². The van der Waals surface area contributed by atoms with Gasteiger partial charge in [-0.15, -0.1) is 0 Å². The van der Waals surface area contributed by atoms with Crippen LogP contribution in [0, 0.1) is 34.5 Å². The van der Waals surface area contributed by atoms with Gasteiger partial charge in [0.25, 0.3) is 0 Å². The third-order valence-electron chi connectivity index (χ3n) is 8.43. The van der Waals surface area contributed by atoms with Crippen molar-refractivity contribution >= 4 is 5.78 Å². The van der Waals surface area contributed by atoms with Crippen LogP contribution in [0.2, 0.25) is 0 Å². The highest BCUT2D eigenvalue weighted by atomic mass is 16.3. The highest BCUT2D eigenvalue weighted by Gasteiger charge is 2.59. The Morgan fingerprint density at radius 1 is 0.952 bits per heavy atom. The van der Waals surface area contributed by atoms with Gasteiger partial charge < -0.3 is 5.11 Å². The molecule has 0 heterocycles. The van der Waals surface area contributed by atoms with E-state index in [2.05, 4.69) is 13.8 Å². The summed E-state index contributed by atoms with van der Waals surface area (Å²) in [6.45, 7) is 4.85. The van der Waals surface area contributed by atoms with Crippen LogP contribution in [-0.4, -0.2) is 17.0 Å². The molecule has 21 heavy (non-hydrogen) atoms. The minimum Gasteiger partial charge on any atom is -0.393 e. The first-order valence-corrected chi connectivity index (χ1v) is 9.15. The summed E-state index contributed by atoms with van der Waals surface area (Å²) in [5.41, 5.74) is 0.598. The normalized spacial score (nSPS) is 56.5.